The highest BCUT2D eigenvalue weighted by Gasteiger charge is 2.51. The van der Waals surface area contributed by atoms with E-state index in [9.17, 15) is 0 Å². The minimum atomic E-state index is -0.344. The minimum Gasteiger partial charge on any atom is -0.0987 e. The summed E-state index contributed by atoms with van der Waals surface area (Å²) in [6.45, 7) is 8.47. The van der Waals surface area contributed by atoms with Gasteiger partial charge in [-0.15, -0.1) is 0 Å². The fourth-order valence-electron chi connectivity index (χ4n) is 5.69. The zero-order valence-corrected chi connectivity index (χ0v) is 17.3. The number of benzene rings is 4. The van der Waals surface area contributed by atoms with Crippen LogP contribution in [0.5, 0.6) is 0 Å². The lowest BCUT2D eigenvalue weighted by Crippen LogP contribution is -2.26. The van der Waals surface area contributed by atoms with Crippen molar-refractivity contribution in [3.05, 3.63) is 150 Å². The molecule has 0 nitrogen and oxygen atoms in total. The van der Waals surface area contributed by atoms with Gasteiger partial charge < -0.3 is 0 Å². The summed E-state index contributed by atoms with van der Waals surface area (Å²) >= 11 is 0. The van der Waals surface area contributed by atoms with Gasteiger partial charge >= 0.3 is 0 Å². The molecule has 0 heterocycles. The maximum atomic E-state index is 4.26. The van der Waals surface area contributed by atoms with E-state index < -0.39 is 0 Å². The van der Waals surface area contributed by atoms with Crippen LogP contribution in [0.2, 0.25) is 0 Å². The van der Waals surface area contributed by atoms with Crippen LogP contribution >= 0.6 is 0 Å². The summed E-state index contributed by atoms with van der Waals surface area (Å²) in [5.74, 6) is 0. The lowest BCUT2D eigenvalue weighted by atomic mass is 9.69. The van der Waals surface area contributed by atoms with E-state index in [2.05, 4.69) is 110 Å². The predicted octanol–water partition coefficient (Wildman–Crippen LogP) is 7.81. The van der Waals surface area contributed by atoms with Gasteiger partial charge in [0.1, 0.15) is 0 Å². The highest BCUT2D eigenvalue weighted by atomic mass is 14.5. The van der Waals surface area contributed by atoms with E-state index in [0.29, 0.717) is 0 Å². The molecular formula is C31H22. The summed E-state index contributed by atoms with van der Waals surface area (Å²) in [4.78, 5) is 0. The molecule has 4 aromatic carbocycles. The van der Waals surface area contributed by atoms with Crippen molar-refractivity contribution in [2.75, 3.05) is 0 Å². The Morgan fingerprint density at radius 1 is 0.516 bits per heavy atom. The molecule has 0 saturated heterocycles. The molecule has 0 aromatic heterocycles. The van der Waals surface area contributed by atoms with Crippen LogP contribution in [0.1, 0.15) is 22.3 Å². The average molecular weight is 395 g/mol. The monoisotopic (exact) mass is 394 g/mol. The molecule has 0 saturated carbocycles. The summed E-state index contributed by atoms with van der Waals surface area (Å²) in [5, 5.41) is 0. The van der Waals surface area contributed by atoms with Crippen LogP contribution in [0.3, 0.4) is 0 Å². The molecule has 0 bridgehead atoms. The summed E-state index contributed by atoms with van der Waals surface area (Å²) in [6, 6.07) is 35.1. The van der Waals surface area contributed by atoms with E-state index in [1.165, 1.54) is 55.7 Å². The molecule has 0 amide bonds. The van der Waals surface area contributed by atoms with Crippen molar-refractivity contribution in [2.45, 2.75) is 5.41 Å². The average Bonchev–Trinajstić information content (AvgIpc) is 3.30. The van der Waals surface area contributed by atoms with Gasteiger partial charge in [0, 0.05) is 0 Å². The second-order valence-electron chi connectivity index (χ2n) is 8.20. The summed E-state index contributed by atoms with van der Waals surface area (Å²) < 4.78 is 0. The second kappa shape index (κ2) is 6.55. The Bertz CT molecular complexity index is 1350. The third-order valence-corrected chi connectivity index (χ3v) is 6.88. The van der Waals surface area contributed by atoms with E-state index in [1.807, 2.05) is 12.2 Å². The van der Waals surface area contributed by atoms with Crippen molar-refractivity contribution in [3.8, 4) is 22.3 Å². The van der Waals surface area contributed by atoms with Gasteiger partial charge in [0.25, 0.3) is 0 Å². The van der Waals surface area contributed by atoms with Crippen LogP contribution in [0.15, 0.2) is 128 Å². The molecule has 0 radical (unpaired) electrons. The third kappa shape index (κ3) is 2.20. The molecule has 0 heteroatoms. The Morgan fingerprint density at radius 3 is 1.71 bits per heavy atom. The predicted molar refractivity (Wildman–Crippen MR) is 131 cm³/mol. The van der Waals surface area contributed by atoms with E-state index >= 15 is 0 Å². The van der Waals surface area contributed by atoms with Crippen LogP contribution < -0.4 is 0 Å². The first kappa shape index (κ1) is 17.9. The Morgan fingerprint density at radius 2 is 1.10 bits per heavy atom. The van der Waals surface area contributed by atoms with E-state index in [4.69, 9.17) is 0 Å². The van der Waals surface area contributed by atoms with Crippen molar-refractivity contribution in [2.24, 2.45) is 0 Å². The fraction of sp³-hybridized carbons (Fsp3) is 0.0323. The first-order chi connectivity index (χ1) is 15.3. The first-order valence-corrected chi connectivity index (χ1v) is 10.7. The van der Waals surface area contributed by atoms with Gasteiger partial charge in [-0.25, -0.2) is 0 Å². The smallest absolute Gasteiger partial charge is 0.0725 e. The fourth-order valence-corrected chi connectivity index (χ4v) is 5.69. The number of hydrogen-bond acceptors (Lipinski definition) is 0. The molecule has 31 heavy (non-hydrogen) atoms. The Hall–Kier alpha value is -3.90. The summed E-state index contributed by atoms with van der Waals surface area (Å²) in [5.41, 5.74) is 12.3. The Kier molecular flexibility index (Phi) is 3.79. The van der Waals surface area contributed by atoms with Gasteiger partial charge in [-0.3, -0.25) is 0 Å². The van der Waals surface area contributed by atoms with E-state index in [0.717, 1.165) is 0 Å². The van der Waals surface area contributed by atoms with Gasteiger partial charge in [0.15, 0.2) is 0 Å². The summed E-state index contributed by atoms with van der Waals surface area (Å²) in [7, 11) is 0. The SMILES string of the molecule is C=CC1=C(C=C)C2(c3ccc(-c4ccccc4)cc31)c1ccccc1-c1ccccc12. The van der Waals surface area contributed by atoms with Gasteiger partial charge in [0.05, 0.1) is 5.41 Å². The molecule has 146 valence electrons. The summed E-state index contributed by atoms with van der Waals surface area (Å²) in [6.07, 6.45) is 4.04. The molecule has 0 unspecified atom stereocenters. The van der Waals surface area contributed by atoms with Gasteiger partial charge in [-0.2, -0.15) is 0 Å². The second-order valence-corrected chi connectivity index (χ2v) is 8.20. The van der Waals surface area contributed by atoms with Crippen LogP contribution in [0, 0.1) is 0 Å². The van der Waals surface area contributed by atoms with Crippen LogP contribution in [0.25, 0.3) is 27.8 Å². The third-order valence-electron chi connectivity index (χ3n) is 6.88. The van der Waals surface area contributed by atoms with Crippen molar-refractivity contribution in [1.82, 2.24) is 0 Å². The topological polar surface area (TPSA) is 0 Å². The van der Waals surface area contributed by atoms with Gasteiger partial charge in [-0.05, 0) is 61.7 Å². The minimum absolute atomic E-state index is 0.344. The number of rotatable bonds is 3. The normalized spacial score (nSPS) is 14.8. The van der Waals surface area contributed by atoms with Crippen LogP contribution in [-0.4, -0.2) is 0 Å². The number of allylic oxidation sites excluding steroid dienone is 4. The van der Waals surface area contributed by atoms with E-state index in [-0.39, 0.29) is 5.41 Å². The van der Waals surface area contributed by atoms with Gasteiger partial charge in [0.2, 0.25) is 0 Å². The molecule has 4 aromatic rings. The lowest BCUT2D eigenvalue weighted by molar-refractivity contribution is 0.787. The molecule has 6 rings (SSSR count). The molecule has 0 atom stereocenters. The molecule has 0 N–H and O–H groups in total. The van der Waals surface area contributed by atoms with Crippen molar-refractivity contribution in [1.29, 1.82) is 0 Å². The highest BCUT2D eigenvalue weighted by Crippen LogP contribution is 2.62. The standard InChI is InChI=1S/C31H22/c1-3-23-26-20-22(21-12-6-5-7-13-21)18-19-30(26)31(27(23)4-2)28-16-10-8-14-24(28)25-15-9-11-17-29(25)31/h3-20H,1-2H2. The van der Waals surface area contributed by atoms with Crippen LogP contribution in [-0.2, 0) is 5.41 Å². The van der Waals surface area contributed by atoms with E-state index in [1.54, 1.807) is 0 Å². The quantitative estimate of drug-likeness (QED) is 0.332. The zero-order valence-electron chi connectivity index (χ0n) is 17.3. The lowest BCUT2D eigenvalue weighted by Gasteiger charge is -2.31. The molecular weight excluding hydrogens is 372 g/mol. The van der Waals surface area contributed by atoms with Crippen molar-refractivity contribution >= 4 is 5.57 Å². The molecule has 0 aliphatic heterocycles. The number of hydrogen-bond donors (Lipinski definition) is 0. The Labute approximate surface area is 183 Å². The Balaban J connectivity index is 1.74. The molecule has 1 spiro atoms. The van der Waals surface area contributed by atoms with Gasteiger partial charge in [-0.1, -0.05) is 116 Å². The van der Waals surface area contributed by atoms with Crippen LogP contribution in [0.4, 0.5) is 0 Å². The largest absolute Gasteiger partial charge is 0.0987 e. The number of fused-ring (bicyclic) bond motifs is 7. The van der Waals surface area contributed by atoms with Crippen molar-refractivity contribution < 1.29 is 0 Å². The maximum absolute atomic E-state index is 4.26. The zero-order chi connectivity index (χ0) is 21.0. The van der Waals surface area contributed by atoms with Crippen molar-refractivity contribution in [3.63, 3.8) is 0 Å². The first-order valence-electron chi connectivity index (χ1n) is 10.7. The highest BCUT2D eigenvalue weighted by molar-refractivity contribution is 5.98. The maximum Gasteiger partial charge on any atom is 0.0725 e. The molecule has 2 aliphatic rings. The molecule has 2 aliphatic carbocycles. The molecule has 0 fully saturated rings.